The number of imide groups is 1. The number of amides is 3. The van der Waals surface area contributed by atoms with Gasteiger partial charge in [-0.25, -0.2) is 4.79 Å². The lowest BCUT2D eigenvalue weighted by molar-refractivity contribution is -0.123. The van der Waals surface area contributed by atoms with Gasteiger partial charge in [0.05, 0.1) is 13.7 Å². The number of benzene rings is 2. The fourth-order valence-corrected chi connectivity index (χ4v) is 3.36. The normalized spacial score (nSPS) is 15.5. The Morgan fingerprint density at radius 2 is 1.89 bits per heavy atom. The number of nitrogens with zero attached hydrogens (tertiary/aromatic N) is 1. The molecule has 2 aromatic rings. The van der Waals surface area contributed by atoms with Crippen molar-refractivity contribution in [1.82, 2.24) is 10.2 Å². The number of urea groups is 1. The smallest absolute Gasteiger partial charge is 0.329 e. The molecule has 1 aliphatic rings. The molecule has 1 heterocycles. The second-order valence-electron chi connectivity index (χ2n) is 7.47. The summed E-state index contributed by atoms with van der Waals surface area (Å²) < 4.78 is 5.48. The van der Waals surface area contributed by atoms with Gasteiger partial charge in [0.2, 0.25) is 0 Å². The average molecular weight is 378 g/mol. The fraction of sp³-hybridized carbons (Fsp3) is 0.304. The molecule has 28 heavy (non-hydrogen) atoms. The van der Waals surface area contributed by atoms with Crippen LogP contribution in [0.5, 0.6) is 5.75 Å². The van der Waals surface area contributed by atoms with Gasteiger partial charge in [0.15, 0.2) is 0 Å². The van der Waals surface area contributed by atoms with Crippen LogP contribution < -0.4 is 10.1 Å². The fourth-order valence-electron chi connectivity index (χ4n) is 3.36. The van der Waals surface area contributed by atoms with Crippen molar-refractivity contribution in [2.24, 2.45) is 0 Å². The molecule has 2 aromatic carbocycles. The number of rotatable bonds is 5. The van der Waals surface area contributed by atoms with Crippen molar-refractivity contribution in [2.45, 2.75) is 40.2 Å². The van der Waals surface area contributed by atoms with Crippen LogP contribution in [0.4, 0.5) is 4.79 Å². The number of hydrogen-bond acceptors (Lipinski definition) is 3. The monoisotopic (exact) mass is 378 g/mol. The molecule has 0 radical (unpaired) electrons. The van der Waals surface area contributed by atoms with E-state index in [1.807, 2.05) is 50.2 Å². The van der Waals surface area contributed by atoms with Crippen LogP contribution in [0.2, 0.25) is 0 Å². The highest BCUT2D eigenvalue weighted by Gasteiger charge is 2.33. The van der Waals surface area contributed by atoms with E-state index in [0.29, 0.717) is 5.70 Å². The number of ether oxygens (including phenoxy) is 1. The number of nitrogens with one attached hydrogen (secondary N) is 1. The van der Waals surface area contributed by atoms with Gasteiger partial charge in [-0.2, -0.15) is 0 Å². The van der Waals surface area contributed by atoms with Crippen molar-refractivity contribution in [3.8, 4) is 5.75 Å². The Morgan fingerprint density at radius 1 is 1.14 bits per heavy atom. The van der Waals surface area contributed by atoms with Gasteiger partial charge in [-0.15, -0.1) is 0 Å². The zero-order valence-corrected chi connectivity index (χ0v) is 17.0. The van der Waals surface area contributed by atoms with Crippen molar-refractivity contribution >= 4 is 18.0 Å². The molecule has 0 saturated carbocycles. The van der Waals surface area contributed by atoms with Crippen molar-refractivity contribution < 1.29 is 14.3 Å². The summed E-state index contributed by atoms with van der Waals surface area (Å²) in [7, 11) is 1.66. The van der Waals surface area contributed by atoms with E-state index in [2.05, 4.69) is 19.2 Å². The second-order valence-corrected chi connectivity index (χ2v) is 7.47. The van der Waals surface area contributed by atoms with Crippen LogP contribution in [0, 0.1) is 13.8 Å². The average Bonchev–Trinajstić information content (AvgIpc) is 2.90. The Labute approximate surface area is 166 Å². The minimum absolute atomic E-state index is 0.253. The Balaban J connectivity index is 1.90. The maximum absolute atomic E-state index is 12.8. The van der Waals surface area contributed by atoms with E-state index in [-0.39, 0.29) is 18.4 Å². The van der Waals surface area contributed by atoms with Crippen LogP contribution in [0.25, 0.3) is 6.08 Å². The third-order valence-electron chi connectivity index (χ3n) is 4.93. The predicted octanol–water partition coefficient (Wildman–Crippen LogP) is 4.53. The van der Waals surface area contributed by atoms with Crippen LogP contribution in [0.15, 0.2) is 42.1 Å². The molecule has 3 amide bonds. The molecule has 3 rings (SSSR count). The molecule has 0 unspecified atom stereocenters. The van der Waals surface area contributed by atoms with Crippen LogP contribution in [0.3, 0.4) is 0 Å². The topological polar surface area (TPSA) is 58.6 Å². The zero-order chi connectivity index (χ0) is 20.4. The van der Waals surface area contributed by atoms with Crippen LogP contribution in [-0.2, 0) is 11.3 Å². The van der Waals surface area contributed by atoms with Gasteiger partial charge in [-0.3, -0.25) is 9.69 Å². The lowest BCUT2D eigenvalue weighted by Gasteiger charge is -2.15. The van der Waals surface area contributed by atoms with Gasteiger partial charge in [0, 0.05) is 0 Å². The molecule has 1 N–H and O–H groups in total. The van der Waals surface area contributed by atoms with Gasteiger partial charge in [-0.1, -0.05) is 43.7 Å². The molecule has 5 nitrogen and oxygen atoms in total. The zero-order valence-electron chi connectivity index (χ0n) is 17.0. The Bertz CT molecular complexity index is 960. The second kappa shape index (κ2) is 7.89. The molecule has 5 heteroatoms. The van der Waals surface area contributed by atoms with Crippen LogP contribution in [0.1, 0.15) is 47.6 Å². The van der Waals surface area contributed by atoms with E-state index in [4.69, 9.17) is 4.74 Å². The van der Waals surface area contributed by atoms with Gasteiger partial charge in [0.1, 0.15) is 11.4 Å². The molecule has 0 bridgehead atoms. The first kappa shape index (κ1) is 19.7. The van der Waals surface area contributed by atoms with E-state index in [1.54, 1.807) is 13.2 Å². The number of methoxy groups -OCH3 is 1. The van der Waals surface area contributed by atoms with Gasteiger partial charge in [0.25, 0.3) is 5.91 Å². The number of hydrogen-bond donors (Lipinski definition) is 1. The molecule has 0 aliphatic carbocycles. The maximum Gasteiger partial charge on any atom is 0.329 e. The summed E-state index contributed by atoms with van der Waals surface area (Å²) in [6.45, 7) is 8.39. The highest BCUT2D eigenvalue weighted by molar-refractivity contribution is 6.14. The number of aryl methyl sites for hydroxylation is 2. The molecular formula is C23H26N2O3. The van der Waals surface area contributed by atoms with E-state index >= 15 is 0 Å². The molecule has 1 aliphatic heterocycles. The summed E-state index contributed by atoms with van der Waals surface area (Å²) in [4.78, 5) is 26.4. The summed E-state index contributed by atoms with van der Waals surface area (Å²) in [5, 5.41) is 2.71. The molecule has 1 fully saturated rings. The van der Waals surface area contributed by atoms with Crippen molar-refractivity contribution in [1.29, 1.82) is 0 Å². The number of carbonyl (C=O) groups excluding carboxylic acids is 2. The predicted molar refractivity (Wildman–Crippen MR) is 110 cm³/mol. The molecule has 1 saturated heterocycles. The first-order chi connectivity index (χ1) is 13.3. The molecule has 0 atom stereocenters. The van der Waals surface area contributed by atoms with Crippen LogP contribution in [-0.4, -0.2) is 23.9 Å². The molecular weight excluding hydrogens is 352 g/mol. The third kappa shape index (κ3) is 3.93. The third-order valence-corrected chi connectivity index (χ3v) is 4.93. The van der Waals surface area contributed by atoms with E-state index in [9.17, 15) is 9.59 Å². The van der Waals surface area contributed by atoms with Crippen molar-refractivity contribution in [2.75, 3.05) is 7.11 Å². The minimum Gasteiger partial charge on any atom is -0.496 e. The summed E-state index contributed by atoms with van der Waals surface area (Å²) in [5.74, 6) is 0.796. The first-order valence-electron chi connectivity index (χ1n) is 9.38. The largest absolute Gasteiger partial charge is 0.496 e. The summed E-state index contributed by atoms with van der Waals surface area (Å²) in [6, 6.07) is 11.4. The van der Waals surface area contributed by atoms with E-state index in [0.717, 1.165) is 33.6 Å². The van der Waals surface area contributed by atoms with Gasteiger partial charge < -0.3 is 10.1 Å². The number of carbonyl (C=O) groups is 2. The summed E-state index contributed by atoms with van der Waals surface area (Å²) in [6.07, 6.45) is 1.75. The van der Waals surface area contributed by atoms with Crippen molar-refractivity contribution in [3.63, 3.8) is 0 Å². The standard InChI is InChI=1S/C23H26N2O3/c1-14(2)19-11-18(16(4)10-21(19)28-5)12-20-22(26)25(23(27)24-20)13-17-8-6-7-15(3)9-17/h6-12,14H,13H2,1-5H3,(H,24,27)/b20-12+. The minimum atomic E-state index is -0.395. The Morgan fingerprint density at radius 3 is 2.54 bits per heavy atom. The first-order valence-corrected chi connectivity index (χ1v) is 9.38. The lowest BCUT2D eigenvalue weighted by atomic mass is 9.96. The maximum atomic E-state index is 12.8. The molecule has 0 aromatic heterocycles. The summed E-state index contributed by atoms with van der Waals surface area (Å²) >= 11 is 0. The van der Waals surface area contributed by atoms with Crippen LogP contribution >= 0.6 is 0 Å². The SMILES string of the molecule is COc1cc(C)c(/C=C2/NC(=O)N(Cc3cccc(C)c3)C2=O)cc1C(C)C. The quantitative estimate of drug-likeness (QED) is 0.614. The van der Waals surface area contributed by atoms with E-state index in [1.165, 1.54) is 4.90 Å². The molecule has 146 valence electrons. The lowest BCUT2D eigenvalue weighted by Crippen LogP contribution is -2.30. The Hall–Kier alpha value is -3.08. The highest BCUT2D eigenvalue weighted by Crippen LogP contribution is 2.31. The van der Waals surface area contributed by atoms with Gasteiger partial charge >= 0.3 is 6.03 Å². The summed E-state index contributed by atoms with van der Waals surface area (Å²) in [5.41, 5.74) is 5.25. The van der Waals surface area contributed by atoms with Crippen molar-refractivity contribution in [3.05, 3.63) is 69.9 Å². The van der Waals surface area contributed by atoms with E-state index < -0.39 is 6.03 Å². The molecule has 0 spiro atoms. The Kier molecular flexibility index (Phi) is 5.54. The van der Waals surface area contributed by atoms with Gasteiger partial charge in [-0.05, 0) is 60.2 Å². The highest BCUT2D eigenvalue weighted by atomic mass is 16.5.